The van der Waals surface area contributed by atoms with Crippen LogP contribution in [-0.4, -0.2) is 78.0 Å². The number of nitrogens with one attached hydrogen (secondary N) is 1. The number of amides is 3. The van der Waals surface area contributed by atoms with Crippen molar-refractivity contribution in [3.8, 4) is 0 Å². The molecule has 2 aromatic rings. The second-order valence-electron chi connectivity index (χ2n) is 9.33. The highest BCUT2D eigenvalue weighted by atomic mass is 16.2. The highest BCUT2D eigenvalue weighted by Crippen LogP contribution is 2.21. The van der Waals surface area contributed by atoms with E-state index in [2.05, 4.69) is 34.2 Å². The molecule has 186 valence electrons. The molecule has 11 heteroatoms. The second-order valence-corrected chi connectivity index (χ2v) is 9.33. The highest BCUT2D eigenvalue weighted by molar-refractivity contribution is 5.87. The zero-order valence-electron chi connectivity index (χ0n) is 20.8. The molecule has 1 aliphatic rings. The standard InChI is InChI=1S/C23H36N8O3/c1-16(2)13-19-22-25-18(4)27-31(22)12-11-30(21(33)14-29-10-8-24-15-29)9-6-7-20(32)28(5)17(3)23(34)26-19/h8,10,15-17,19H,6-7,9,11-14H2,1-5H3,(H,26,34)/t17-,19+/m0/s1. The molecule has 0 aliphatic carbocycles. The van der Waals surface area contributed by atoms with Crippen molar-refractivity contribution >= 4 is 17.7 Å². The zero-order valence-corrected chi connectivity index (χ0v) is 20.8. The topological polar surface area (TPSA) is 118 Å². The smallest absolute Gasteiger partial charge is 0.243 e. The summed E-state index contributed by atoms with van der Waals surface area (Å²) in [4.78, 5) is 50.7. The summed E-state index contributed by atoms with van der Waals surface area (Å²) >= 11 is 0. The van der Waals surface area contributed by atoms with E-state index in [1.54, 1.807) is 46.8 Å². The van der Waals surface area contributed by atoms with E-state index in [1.807, 2.05) is 6.92 Å². The van der Waals surface area contributed by atoms with Crippen molar-refractivity contribution in [1.82, 2.24) is 39.4 Å². The molecule has 0 saturated carbocycles. The summed E-state index contributed by atoms with van der Waals surface area (Å²) in [6.45, 7) is 9.20. The molecule has 34 heavy (non-hydrogen) atoms. The number of hydrogen-bond donors (Lipinski definition) is 1. The Hall–Kier alpha value is -3.24. The number of carbonyl (C=O) groups is 3. The van der Waals surface area contributed by atoms with E-state index in [9.17, 15) is 14.4 Å². The molecule has 0 fully saturated rings. The van der Waals surface area contributed by atoms with Crippen molar-refractivity contribution in [2.75, 3.05) is 20.1 Å². The monoisotopic (exact) mass is 472 g/mol. The lowest BCUT2D eigenvalue weighted by Gasteiger charge is -2.29. The van der Waals surface area contributed by atoms with Crippen LogP contribution in [0.2, 0.25) is 0 Å². The molecule has 1 N–H and O–H groups in total. The summed E-state index contributed by atoms with van der Waals surface area (Å²) in [5, 5.41) is 7.64. The lowest BCUT2D eigenvalue weighted by atomic mass is 10.0. The molecule has 1 aliphatic heterocycles. The van der Waals surface area contributed by atoms with Gasteiger partial charge in [0, 0.05) is 39.0 Å². The Morgan fingerprint density at radius 3 is 2.68 bits per heavy atom. The number of likely N-dealkylation sites (N-methyl/N-ethyl adjacent to an activating group) is 1. The van der Waals surface area contributed by atoms with Gasteiger partial charge in [0.15, 0.2) is 0 Å². The first kappa shape index (κ1) is 25.4. The molecule has 3 amide bonds. The first-order chi connectivity index (χ1) is 16.2. The van der Waals surface area contributed by atoms with Crippen LogP contribution in [0.25, 0.3) is 0 Å². The van der Waals surface area contributed by atoms with Crippen LogP contribution in [0.3, 0.4) is 0 Å². The quantitative estimate of drug-likeness (QED) is 0.713. The van der Waals surface area contributed by atoms with Crippen LogP contribution in [-0.2, 0) is 27.5 Å². The van der Waals surface area contributed by atoms with E-state index >= 15 is 0 Å². The molecule has 2 atom stereocenters. The molecular weight excluding hydrogens is 436 g/mol. The van der Waals surface area contributed by atoms with Gasteiger partial charge in [-0.25, -0.2) is 14.6 Å². The normalized spacial score (nSPS) is 20.8. The third kappa shape index (κ3) is 6.42. The average molecular weight is 473 g/mol. The maximum atomic E-state index is 13.1. The van der Waals surface area contributed by atoms with Crippen LogP contribution in [0, 0.1) is 12.8 Å². The Labute approximate surface area is 200 Å². The maximum Gasteiger partial charge on any atom is 0.243 e. The van der Waals surface area contributed by atoms with Gasteiger partial charge in [0.25, 0.3) is 0 Å². The van der Waals surface area contributed by atoms with E-state index in [0.717, 1.165) is 0 Å². The van der Waals surface area contributed by atoms with Gasteiger partial charge in [-0.15, -0.1) is 0 Å². The van der Waals surface area contributed by atoms with Crippen LogP contribution >= 0.6 is 0 Å². The summed E-state index contributed by atoms with van der Waals surface area (Å²) in [5.41, 5.74) is 0. The zero-order chi connectivity index (χ0) is 24.8. The minimum Gasteiger partial charge on any atom is -0.344 e. The van der Waals surface area contributed by atoms with E-state index in [0.29, 0.717) is 50.0 Å². The van der Waals surface area contributed by atoms with Gasteiger partial charge in [0.05, 0.1) is 18.9 Å². The number of aromatic nitrogens is 5. The van der Waals surface area contributed by atoms with Gasteiger partial charge >= 0.3 is 0 Å². The third-order valence-electron chi connectivity index (χ3n) is 6.13. The molecule has 0 unspecified atom stereocenters. The first-order valence-electron chi connectivity index (χ1n) is 11.9. The van der Waals surface area contributed by atoms with Crippen molar-refractivity contribution < 1.29 is 14.4 Å². The third-order valence-corrected chi connectivity index (χ3v) is 6.13. The van der Waals surface area contributed by atoms with Gasteiger partial charge in [0.1, 0.15) is 24.2 Å². The van der Waals surface area contributed by atoms with E-state index in [4.69, 9.17) is 0 Å². The Bertz CT molecular complexity index is 985. The average Bonchev–Trinajstić information content (AvgIpc) is 3.42. The number of carbonyl (C=O) groups excluding carboxylic acids is 3. The largest absolute Gasteiger partial charge is 0.344 e. The molecule has 0 saturated heterocycles. The van der Waals surface area contributed by atoms with Crippen molar-refractivity contribution in [2.45, 2.75) is 72.1 Å². The van der Waals surface area contributed by atoms with Crippen molar-refractivity contribution in [1.29, 1.82) is 0 Å². The number of imidazole rings is 1. The Kier molecular flexibility index (Phi) is 8.41. The van der Waals surface area contributed by atoms with E-state index in [-0.39, 0.29) is 36.7 Å². The Morgan fingerprint density at radius 2 is 2.00 bits per heavy atom. The lowest BCUT2D eigenvalue weighted by molar-refractivity contribution is -0.139. The predicted molar refractivity (Wildman–Crippen MR) is 125 cm³/mol. The number of fused-ring (bicyclic) bond motifs is 1. The molecule has 0 bridgehead atoms. The van der Waals surface area contributed by atoms with Crippen molar-refractivity contribution in [3.05, 3.63) is 30.4 Å². The molecule has 0 spiro atoms. The van der Waals surface area contributed by atoms with Gasteiger partial charge in [-0.3, -0.25) is 14.4 Å². The summed E-state index contributed by atoms with van der Waals surface area (Å²) in [7, 11) is 1.64. The minimum atomic E-state index is -0.624. The predicted octanol–water partition coefficient (Wildman–Crippen LogP) is 1.16. The molecule has 2 aromatic heterocycles. The van der Waals surface area contributed by atoms with Crippen LogP contribution < -0.4 is 5.32 Å². The van der Waals surface area contributed by atoms with Crippen LogP contribution in [0.15, 0.2) is 18.7 Å². The summed E-state index contributed by atoms with van der Waals surface area (Å²) in [6.07, 6.45) is 6.44. The molecule has 11 nitrogen and oxygen atoms in total. The van der Waals surface area contributed by atoms with Crippen molar-refractivity contribution in [3.63, 3.8) is 0 Å². The molecule has 3 heterocycles. The van der Waals surface area contributed by atoms with Gasteiger partial charge in [-0.2, -0.15) is 5.10 Å². The fraction of sp³-hybridized carbons (Fsp3) is 0.652. The lowest BCUT2D eigenvalue weighted by Crippen LogP contribution is -2.48. The number of nitrogens with zero attached hydrogens (tertiary/aromatic N) is 7. The second kappa shape index (κ2) is 11.3. The van der Waals surface area contributed by atoms with E-state index < -0.39 is 6.04 Å². The van der Waals surface area contributed by atoms with E-state index in [1.165, 1.54) is 4.90 Å². The number of rotatable bonds is 4. The molecule has 0 aromatic carbocycles. The first-order valence-corrected chi connectivity index (χ1v) is 11.9. The van der Waals surface area contributed by atoms with Gasteiger partial charge in [-0.05, 0) is 32.6 Å². The minimum absolute atomic E-state index is 0.0512. The van der Waals surface area contributed by atoms with Crippen LogP contribution in [0.5, 0.6) is 0 Å². The summed E-state index contributed by atoms with van der Waals surface area (Å²) < 4.78 is 3.53. The Morgan fingerprint density at radius 1 is 1.24 bits per heavy atom. The van der Waals surface area contributed by atoms with Gasteiger partial charge in [0.2, 0.25) is 17.7 Å². The molecular formula is C23H36N8O3. The fourth-order valence-corrected chi connectivity index (χ4v) is 4.09. The molecule has 3 rings (SSSR count). The van der Waals surface area contributed by atoms with Gasteiger partial charge < -0.3 is 19.7 Å². The SMILES string of the molecule is Cc1nc2n(n1)CCN(C(=O)Cn1ccnc1)CCCC(=O)N(C)[C@@H](C)C(=O)N[C@@H]2CC(C)C. The van der Waals surface area contributed by atoms with Crippen molar-refractivity contribution in [2.24, 2.45) is 5.92 Å². The summed E-state index contributed by atoms with van der Waals surface area (Å²) in [6, 6.07) is -0.973. The Balaban J connectivity index is 1.90. The fourth-order valence-electron chi connectivity index (χ4n) is 4.09. The van der Waals surface area contributed by atoms with Gasteiger partial charge in [-0.1, -0.05) is 13.8 Å². The van der Waals surface area contributed by atoms with Crippen LogP contribution in [0.1, 0.15) is 57.7 Å². The van der Waals surface area contributed by atoms with Crippen LogP contribution in [0.4, 0.5) is 0 Å². The highest BCUT2D eigenvalue weighted by Gasteiger charge is 2.29. The maximum absolute atomic E-state index is 13.1. The molecule has 0 radical (unpaired) electrons. The number of aryl methyl sites for hydroxylation is 1. The number of hydrogen-bond acceptors (Lipinski definition) is 6. The summed E-state index contributed by atoms with van der Waals surface area (Å²) in [5.74, 6) is 1.19.